The van der Waals surface area contributed by atoms with Gasteiger partial charge < -0.3 is 14.4 Å². The van der Waals surface area contributed by atoms with Crippen LogP contribution >= 0.6 is 0 Å². The van der Waals surface area contributed by atoms with Crippen molar-refractivity contribution in [2.75, 3.05) is 19.7 Å². The molecule has 1 aromatic rings. The number of benzene rings is 1. The predicted octanol–water partition coefficient (Wildman–Crippen LogP) is 1.70. The molecule has 1 unspecified atom stereocenters. The minimum Gasteiger partial charge on any atom is -0.485 e. The molecule has 1 aromatic carbocycles. The highest BCUT2D eigenvalue weighted by Crippen LogP contribution is 2.32. The Kier molecular flexibility index (Phi) is 3.51. The summed E-state index contributed by atoms with van der Waals surface area (Å²) in [6.45, 7) is 1.29. The smallest absolute Gasteiger partial charge is 0.268 e. The second-order valence-electron chi connectivity index (χ2n) is 5.23. The molecule has 0 N–H and O–H groups in total. The zero-order valence-electron chi connectivity index (χ0n) is 11.2. The lowest BCUT2D eigenvalue weighted by Crippen LogP contribution is -2.47. The van der Waals surface area contributed by atoms with Gasteiger partial charge in [0.05, 0.1) is 6.54 Å². The number of para-hydroxylation sites is 2. The molecule has 104 valence electrons. The van der Waals surface area contributed by atoms with Crippen LogP contribution in [0.15, 0.2) is 24.3 Å². The summed E-state index contributed by atoms with van der Waals surface area (Å²) in [4.78, 5) is 14.2. The highest BCUT2D eigenvalue weighted by atomic mass is 16.6. The molecule has 1 heterocycles. The lowest BCUT2D eigenvalue weighted by Gasteiger charge is -2.29. The van der Waals surface area contributed by atoms with Crippen LogP contribution in [0.25, 0.3) is 0 Å². The van der Waals surface area contributed by atoms with E-state index in [1.165, 1.54) is 12.8 Å². The third kappa shape index (κ3) is 2.72. The molecule has 1 fully saturated rings. The Morgan fingerprint density at radius 1 is 1.35 bits per heavy atom. The van der Waals surface area contributed by atoms with Crippen LogP contribution in [0.5, 0.6) is 11.5 Å². The van der Waals surface area contributed by atoms with Crippen molar-refractivity contribution in [3.63, 3.8) is 0 Å². The van der Waals surface area contributed by atoms with Crippen molar-refractivity contribution in [1.29, 1.82) is 0 Å². The van der Waals surface area contributed by atoms with Gasteiger partial charge in [0.2, 0.25) is 6.10 Å². The highest BCUT2D eigenvalue weighted by Gasteiger charge is 2.33. The summed E-state index contributed by atoms with van der Waals surface area (Å²) in [5.41, 5.74) is 0. The summed E-state index contributed by atoms with van der Waals surface area (Å²) in [6.07, 6.45) is 7.11. The van der Waals surface area contributed by atoms with Crippen LogP contribution in [-0.4, -0.2) is 36.6 Å². The van der Waals surface area contributed by atoms with Crippen molar-refractivity contribution in [2.45, 2.75) is 18.9 Å². The largest absolute Gasteiger partial charge is 0.485 e. The topological polar surface area (TPSA) is 38.8 Å². The molecule has 0 saturated heterocycles. The van der Waals surface area contributed by atoms with E-state index in [1.807, 2.05) is 18.2 Å². The molecular weight excluding hydrogens is 254 g/mol. The standard InChI is InChI=1S/C16H17NO3/c1-2-9-17(10-12-7-8-12)16(18)15-11-19-13-5-3-4-6-14(13)20-15/h1,3-6,12,15H,7-11H2. The number of carbonyl (C=O) groups is 1. The minimum atomic E-state index is -0.600. The van der Waals surface area contributed by atoms with E-state index in [4.69, 9.17) is 15.9 Å². The summed E-state index contributed by atoms with van der Waals surface area (Å²) in [5, 5.41) is 0. The molecule has 3 rings (SSSR count). The van der Waals surface area contributed by atoms with Crippen LogP contribution in [0, 0.1) is 18.3 Å². The molecule has 2 aliphatic rings. The van der Waals surface area contributed by atoms with E-state index in [-0.39, 0.29) is 12.5 Å². The Balaban J connectivity index is 1.69. The van der Waals surface area contributed by atoms with Gasteiger partial charge in [0, 0.05) is 6.54 Å². The van der Waals surface area contributed by atoms with Gasteiger partial charge in [-0.3, -0.25) is 4.79 Å². The number of amides is 1. The Morgan fingerprint density at radius 2 is 2.10 bits per heavy atom. The second-order valence-corrected chi connectivity index (χ2v) is 5.23. The molecule has 1 aliphatic heterocycles. The fourth-order valence-electron chi connectivity index (χ4n) is 2.30. The van der Waals surface area contributed by atoms with E-state index >= 15 is 0 Å². The first-order chi connectivity index (χ1) is 9.78. The number of nitrogens with zero attached hydrogens (tertiary/aromatic N) is 1. The zero-order chi connectivity index (χ0) is 13.9. The SMILES string of the molecule is C#CCN(CC1CC1)C(=O)C1COc2ccccc2O1. The van der Waals surface area contributed by atoms with E-state index in [1.54, 1.807) is 11.0 Å². The summed E-state index contributed by atoms with van der Waals surface area (Å²) in [7, 11) is 0. The van der Waals surface area contributed by atoms with E-state index in [0.717, 1.165) is 6.54 Å². The first kappa shape index (κ1) is 12.9. The number of fused-ring (bicyclic) bond motifs is 1. The molecule has 4 heteroatoms. The van der Waals surface area contributed by atoms with E-state index < -0.39 is 6.10 Å². The summed E-state index contributed by atoms with van der Waals surface area (Å²) >= 11 is 0. The number of rotatable bonds is 4. The van der Waals surface area contributed by atoms with Crippen LogP contribution in [0.2, 0.25) is 0 Å². The Hall–Kier alpha value is -2.15. The first-order valence-electron chi connectivity index (χ1n) is 6.88. The van der Waals surface area contributed by atoms with Crippen LogP contribution in [0.3, 0.4) is 0 Å². The molecule has 1 amide bonds. The van der Waals surface area contributed by atoms with Crippen LogP contribution in [0.1, 0.15) is 12.8 Å². The van der Waals surface area contributed by atoms with E-state index in [9.17, 15) is 4.79 Å². The maximum absolute atomic E-state index is 12.5. The fourth-order valence-corrected chi connectivity index (χ4v) is 2.30. The average Bonchev–Trinajstić information content (AvgIpc) is 3.29. The number of terminal acetylenes is 1. The molecule has 0 bridgehead atoms. The van der Waals surface area contributed by atoms with Gasteiger partial charge in [-0.15, -0.1) is 6.42 Å². The van der Waals surface area contributed by atoms with E-state index in [0.29, 0.717) is 24.0 Å². The second kappa shape index (κ2) is 5.46. The number of hydrogen-bond acceptors (Lipinski definition) is 3. The maximum atomic E-state index is 12.5. The van der Waals surface area contributed by atoms with Gasteiger partial charge in [-0.05, 0) is 30.9 Å². The Bertz CT molecular complexity index is 545. The van der Waals surface area contributed by atoms with Crippen molar-refractivity contribution >= 4 is 5.91 Å². The third-order valence-electron chi connectivity index (χ3n) is 3.55. The van der Waals surface area contributed by atoms with Crippen molar-refractivity contribution < 1.29 is 14.3 Å². The zero-order valence-corrected chi connectivity index (χ0v) is 11.2. The lowest BCUT2D eigenvalue weighted by atomic mass is 10.2. The normalized spacial score (nSPS) is 20.1. The minimum absolute atomic E-state index is 0.0793. The van der Waals surface area contributed by atoms with Crippen LogP contribution < -0.4 is 9.47 Å². The predicted molar refractivity (Wildman–Crippen MR) is 74.5 cm³/mol. The summed E-state index contributed by atoms with van der Waals surface area (Å²) in [6, 6.07) is 7.38. The lowest BCUT2D eigenvalue weighted by molar-refractivity contribution is -0.140. The van der Waals surface area contributed by atoms with Crippen LogP contribution in [-0.2, 0) is 4.79 Å². The number of ether oxygens (including phenoxy) is 2. The quantitative estimate of drug-likeness (QED) is 0.782. The highest BCUT2D eigenvalue weighted by molar-refractivity contribution is 5.82. The van der Waals surface area contributed by atoms with Crippen molar-refractivity contribution in [1.82, 2.24) is 4.90 Å². The molecule has 4 nitrogen and oxygen atoms in total. The van der Waals surface area contributed by atoms with Gasteiger partial charge in [-0.2, -0.15) is 0 Å². The number of carbonyl (C=O) groups excluding carboxylic acids is 1. The molecule has 1 atom stereocenters. The van der Waals surface area contributed by atoms with Crippen molar-refractivity contribution in [3.05, 3.63) is 24.3 Å². The van der Waals surface area contributed by atoms with Crippen molar-refractivity contribution in [3.8, 4) is 23.8 Å². The van der Waals surface area contributed by atoms with E-state index in [2.05, 4.69) is 5.92 Å². The third-order valence-corrected chi connectivity index (χ3v) is 3.55. The van der Waals surface area contributed by atoms with Gasteiger partial charge in [-0.25, -0.2) is 0 Å². The van der Waals surface area contributed by atoms with Gasteiger partial charge in [0.25, 0.3) is 5.91 Å². The fraction of sp³-hybridized carbons (Fsp3) is 0.438. The Labute approximate surface area is 118 Å². The summed E-state index contributed by atoms with van der Waals surface area (Å²) in [5.74, 6) is 4.37. The van der Waals surface area contributed by atoms with Crippen molar-refractivity contribution in [2.24, 2.45) is 5.92 Å². The molecule has 0 aromatic heterocycles. The van der Waals surface area contributed by atoms with Crippen LogP contribution in [0.4, 0.5) is 0 Å². The average molecular weight is 271 g/mol. The molecule has 0 spiro atoms. The first-order valence-corrected chi connectivity index (χ1v) is 6.88. The maximum Gasteiger partial charge on any atom is 0.268 e. The molecule has 0 radical (unpaired) electrons. The summed E-state index contributed by atoms with van der Waals surface area (Å²) < 4.78 is 11.3. The van der Waals surface area contributed by atoms with Gasteiger partial charge >= 0.3 is 0 Å². The molecule has 20 heavy (non-hydrogen) atoms. The van der Waals surface area contributed by atoms with Gasteiger partial charge in [0.15, 0.2) is 11.5 Å². The monoisotopic (exact) mass is 271 g/mol. The molecule has 1 aliphatic carbocycles. The Morgan fingerprint density at radius 3 is 2.80 bits per heavy atom. The molecular formula is C16H17NO3. The van der Waals surface area contributed by atoms with Gasteiger partial charge in [0.1, 0.15) is 6.61 Å². The van der Waals surface area contributed by atoms with Gasteiger partial charge in [-0.1, -0.05) is 18.1 Å². The molecule has 1 saturated carbocycles. The number of hydrogen-bond donors (Lipinski definition) is 0.